The molecule has 0 aromatic heterocycles. The van der Waals surface area contributed by atoms with Crippen molar-refractivity contribution in [3.8, 4) is 0 Å². The fourth-order valence-corrected chi connectivity index (χ4v) is 5.17. The highest BCUT2D eigenvalue weighted by Gasteiger charge is 2.54. The molecule has 1 unspecified atom stereocenters. The Morgan fingerprint density at radius 3 is 2.29 bits per heavy atom. The van der Waals surface area contributed by atoms with Crippen molar-refractivity contribution >= 4 is 17.7 Å². The lowest BCUT2D eigenvalue weighted by molar-refractivity contribution is 0.0715. The van der Waals surface area contributed by atoms with Gasteiger partial charge in [-0.2, -0.15) is 0 Å². The van der Waals surface area contributed by atoms with E-state index >= 15 is 0 Å². The third-order valence-electron chi connectivity index (χ3n) is 5.01. The van der Waals surface area contributed by atoms with Gasteiger partial charge in [0.1, 0.15) is 5.54 Å². The molecule has 2 heterocycles. The Kier molecular flexibility index (Phi) is 2.88. The monoisotopic (exact) mass is 329 g/mol. The smallest absolute Gasteiger partial charge is 0.256 e. The highest BCUT2D eigenvalue weighted by molar-refractivity contribution is 7.99. The molecule has 0 fully saturated rings. The minimum atomic E-state index is -0.517. The van der Waals surface area contributed by atoms with Crippen molar-refractivity contribution in [1.82, 2.24) is 4.90 Å². The summed E-state index contributed by atoms with van der Waals surface area (Å²) < 4.78 is 0. The van der Waals surface area contributed by atoms with Gasteiger partial charge in [0.2, 0.25) is 0 Å². The van der Waals surface area contributed by atoms with Crippen molar-refractivity contribution in [2.45, 2.75) is 10.4 Å². The molecular weight excluding hydrogens is 314 g/mol. The van der Waals surface area contributed by atoms with Crippen LogP contribution in [0.5, 0.6) is 0 Å². The minimum absolute atomic E-state index is 0.122. The third kappa shape index (κ3) is 1.60. The number of carbonyl (C=O) groups excluding carboxylic acids is 1. The van der Waals surface area contributed by atoms with E-state index in [1.165, 1.54) is 10.5 Å². The molecule has 5 rings (SSSR count). The van der Waals surface area contributed by atoms with Gasteiger partial charge in [-0.3, -0.25) is 4.79 Å². The predicted octanol–water partition coefficient (Wildman–Crippen LogP) is 4.50. The van der Waals surface area contributed by atoms with E-state index < -0.39 is 5.54 Å². The molecule has 2 aliphatic rings. The molecule has 116 valence electrons. The van der Waals surface area contributed by atoms with E-state index in [2.05, 4.69) is 54.6 Å². The van der Waals surface area contributed by atoms with Gasteiger partial charge in [0.05, 0.1) is 5.88 Å². The molecule has 1 atom stereocenters. The molecule has 2 aliphatic heterocycles. The second-order valence-electron chi connectivity index (χ2n) is 6.12. The number of carbonyl (C=O) groups is 1. The second kappa shape index (κ2) is 4.99. The Labute approximate surface area is 145 Å². The van der Waals surface area contributed by atoms with Gasteiger partial charge in [-0.1, -0.05) is 66.7 Å². The average Bonchev–Trinajstić information content (AvgIpc) is 2.93. The molecule has 0 saturated heterocycles. The maximum absolute atomic E-state index is 13.1. The normalized spacial score (nSPS) is 21.2. The first-order valence-electron chi connectivity index (χ1n) is 8.03. The lowest BCUT2D eigenvalue weighted by atomic mass is 9.77. The summed E-state index contributed by atoms with van der Waals surface area (Å²) in [5.41, 5.74) is 3.74. The van der Waals surface area contributed by atoms with Crippen LogP contribution < -0.4 is 0 Å². The van der Waals surface area contributed by atoms with E-state index in [4.69, 9.17) is 0 Å². The van der Waals surface area contributed by atoms with Crippen molar-refractivity contribution in [1.29, 1.82) is 0 Å². The van der Waals surface area contributed by atoms with E-state index in [-0.39, 0.29) is 5.91 Å². The Hall–Kier alpha value is -2.52. The molecule has 3 aromatic rings. The standard InChI is InChI=1S/C21H15NOS/c23-20-16-10-4-5-11-17(16)21(15-8-2-1-3-9-15)18-12-6-7-13-19(18)24-14-22(20)21/h1-13H,14H2. The zero-order valence-corrected chi connectivity index (χ0v) is 13.8. The highest BCUT2D eigenvalue weighted by Crippen LogP contribution is 2.54. The lowest BCUT2D eigenvalue weighted by Gasteiger charge is -2.44. The maximum Gasteiger partial charge on any atom is 0.256 e. The number of benzene rings is 3. The van der Waals surface area contributed by atoms with Gasteiger partial charge in [-0.15, -0.1) is 11.8 Å². The van der Waals surface area contributed by atoms with Crippen molar-refractivity contribution in [2.24, 2.45) is 0 Å². The first kappa shape index (κ1) is 13.9. The van der Waals surface area contributed by atoms with Gasteiger partial charge in [-0.05, 0) is 23.3 Å². The van der Waals surface area contributed by atoms with Gasteiger partial charge in [0.15, 0.2) is 0 Å². The van der Waals surface area contributed by atoms with Crippen LogP contribution in [0.4, 0.5) is 0 Å². The van der Waals surface area contributed by atoms with Crippen molar-refractivity contribution in [2.75, 3.05) is 5.88 Å². The lowest BCUT2D eigenvalue weighted by Crippen LogP contribution is -2.47. The quantitative estimate of drug-likeness (QED) is 0.655. The van der Waals surface area contributed by atoms with Crippen molar-refractivity contribution in [3.05, 3.63) is 101 Å². The van der Waals surface area contributed by atoms with Crippen LogP contribution in [0.15, 0.2) is 83.8 Å². The van der Waals surface area contributed by atoms with Crippen LogP contribution >= 0.6 is 11.8 Å². The molecule has 0 aliphatic carbocycles. The van der Waals surface area contributed by atoms with Gasteiger partial charge in [0.25, 0.3) is 5.91 Å². The molecule has 2 nitrogen and oxygen atoms in total. The summed E-state index contributed by atoms with van der Waals surface area (Å²) in [6.45, 7) is 0. The van der Waals surface area contributed by atoms with E-state index in [1.807, 2.05) is 29.2 Å². The molecule has 3 aromatic carbocycles. The molecule has 1 amide bonds. The molecule has 0 N–H and O–H groups in total. The average molecular weight is 329 g/mol. The van der Waals surface area contributed by atoms with Crippen molar-refractivity contribution in [3.63, 3.8) is 0 Å². The van der Waals surface area contributed by atoms with Crippen LogP contribution in [0.3, 0.4) is 0 Å². The molecular formula is C21H15NOS. The largest absolute Gasteiger partial charge is 0.311 e. The van der Waals surface area contributed by atoms with E-state index in [0.717, 1.165) is 16.7 Å². The molecule has 0 saturated carbocycles. The van der Waals surface area contributed by atoms with Crippen LogP contribution in [0.2, 0.25) is 0 Å². The Balaban J connectivity index is 1.94. The van der Waals surface area contributed by atoms with E-state index in [1.54, 1.807) is 11.8 Å². The maximum atomic E-state index is 13.1. The van der Waals surface area contributed by atoms with Crippen LogP contribution in [0.25, 0.3) is 0 Å². The summed E-state index contributed by atoms with van der Waals surface area (Å²) in [7, 11) is 0. The fraction of sp³-hybridized carbons (Fsp3) is 0.0952. The summed E-state index contributed by atoms with van der Waals surface area (Å²) in [5, 5.41) is 0. The van der Waals surface area contributed by atoms with Crippen LogP contribution in [-0.4, -0.2) is 16.7 Å². The molecule has 3 heteroatoms. The Morgan fingerprint density at radius 1 is 0.792 bits per heavy atom. The zero-order valence-electron chi connectivity index (χ0n) is 13.0. The summed E-state index contributed by atoms with van der Waals surface area (Å²) in [6, 6.07) is 26.9. The number of hydrogen-bond donors (Lipinski definition) is 0. The first-order chi connectivity index (χ1) is 11.8. The molecule has 0 spiro atoms. The number of fused-ring (bicyclic) bond motifs is 5. The minimum Gasteiger partial charge on any atom is -0.311 e. The van der Waals surface area contributed by atoms with Gasteiger partial charge in [-0.25, -0.2) is 0 Å². The van der Waals surface area contributed by atoms with E-state index in [0.29, 0.717) is 5.88 Å². The van der Waals surface area contributed by atoms with Crippen LogP contribution in [-0.2, 0) is 5.54 Å². The number of nitrogens with zero attached hydrogens (tertiary/aromatic N) is 1. The number of hydrogen-bond acceptors (Lipinski definition) is 2. The highest BCUT2D eigenvalue weighted by atomic mass is 32.2. The van der Waals surface area contributed by atoms with Crippen molar-refractivity contribution < 1.29 is 4.79 Å². The SMILES string of the molecule is O=C1c2ccccc2C2(c3ccccc3)c3ccccc3SCN12. The first-order valence-corrected chi connectivity index (χ1v) is 9.01. The summed E-state index contributed by atoms with van der Waals surface area (Å²) in [4.78, 5) is 16.4. The molecule has 0 radical (unpaired) electrons. The number of thioether (sulfide) groups is 1. The van der Waals surface area contributed by atoms with Gasteiger partial charge in [0, 0.05) is 16.0 Å². The topological polar surface area (TPSA) is 20.3 Å². The van der Waals surface area contributed by atoms with Crippen LogP contribution in [0, 0.1) is 0 Å². The predicted molar refractivity (Wildman–Crippen MR) is 96.1 cm³/mol. The Bertz CT molecular complexity index is 953. The van der Waals surface area contributed by atoms with Crippen LogP contribution in [0.1, 0.15) is 27.0 Å². The summed E-state index contributed by atoms with van der Waals surface area (Å²) >= 11 is 1.74. The van der Waals surface area contributed by atoms with Gasteiger partial charge >= 0.3 is 0 Å². The van der Waals surface area contributed by atoms with E-state index in [9.17, 15) is 4.79 Å². The Morgan fingerprint density at radius 2 is 1.46 bits per heavy atom. The summed E-state index contributed by atoms with van der Waals surface area (Å²) in [5.74, 6) is 0.788. The number of amides is 1. The second-order valence-corrected chi connectivity index (χ2v) is 7.11. The molecule has 0 bridgehead atoms. The zero-order chi connectivity index (χ0) is 16.1. The number of rotatable bonds is 1. The third-order valence-corrected chi connectivity index (χ3v) is 6.07. The summed E-state index contributed by atoms with van der Waals surface area (Å²) in [6.07, 6.45) is 0. The van der Waals surface area contributed by atoms with Gasteiger partial charge < -0.3 is 4.90 Å². The molecule has 24 heavy (non-hydrogen) atoms. The fourth-order valence-electron chi connectivity index (χ4n) is 4.05.